The zero-order valence-corrected chi connectivity index (χ0v) is 13.0. The molecular formula is C16H25NOS. The number of hydrogen-bond donors (Lipinski definition) is 1. The summed E-state index contributed by atoms with van der Waals surface area (Å²) >= 11 is 1.89. The number of carbonyl (C=O) groups is 1. The summed E-state index contributed by atoms with van der Waals surface area (Å²) in [5.74, 6) is 2.82. The molecule has 1 saturated heterocycles. The van der Waals surface area contributed by atoms with E-state index in [1.165, 1.54) is 12.0 Å². The Morgan fingerprint density at radius 2 is 2.26 bits per heavy atom. The molecular weight excluding hydrogens is 254 g/mol. The lowest BCUT2D eigenvalue weighted by atomic mass is 9.84. The maximum Gasteiger partial charge on any atom is 0.137 e. The summed E-state index contributed by atoms with van der Waals surface area (Å²) in [7, 11) is 0. The minimum atomic E-state index is 0.0528. The lowest BCUT2D eigenvalue weighted by molar-refractivity contribution is -0.109. The topological polar surface area (TPSA) is 29.1 Å². The van der Waals surface area contributed by atoms with E-state index in [0.717, 1.165) is 24.4 Å². The van der Waals surface area contributed by atoms with Crippen LogP contribution in [0.5, 0.6) is 0 Å². The second kappa shape index (κ2) is 6.76. The molecule has 1 fully saturated rings. The summed E-state index contributed by atoms with van der Waals surface area (Å²) in [5.41, 5.74) is 1.48. The predicted molar refractivity (Wildman–Crippen MR) is 83.2 cm³/mol. The second-order valence-electron chi connectivity index (χ2n) is 6.16. The van der Waals surface area contributed by atoms with E-state index >= 15 is 0 Å². The Bertz CT molecular complexity index is 375. The lowest BCUT2D eigenvalue weighted by Crippen LogP contribution is -2.37. The molecule has 1 heterocycles. The van der Waals surface area contributed by atoms with Crippen LogP contribution in [0, 0.1) is 17.8 Å². The number of aldehydes is 1. The average molecular weight is 279 g/mol. The number of hydrogen-bond acceptors (Lipinski definition) is 3. The third-order valence-electron chi connectivity index (χ3n) is 4.00. The van der Waals surface area contributed by atoms with Gasteiger partial charge < -0.3 is 4.79 Å². The highest BCUT2D eigenvalue weighted by Gasteiger charge is 2.31. The van der Waals surface area contributed by atoms with Crippen LogP contribution in [0.2, 0.25) is 0 Å². The van der Waals surface area contributed by atoms with Crippen molar-refractivity contribution in [1.29, 1.82) is 0 Å². The van der Waals surface area contributed by atoms with Gasteiger partial charge in [-0.25, -0.2) is 0 Å². The van der Waals surface area contributed by atoms with Crippen molar-refractivity contribution in [2.24, 2.45) is 17.8 Å². The Hall–Kier alpha value is -0.540. The lowest BCUT2D eigenvalue weighted by Gasteiger charge is -2.28. The Morgan fingerprint density at radius 3 is 2.79 bits per heavy atom. The first kappa shape index (κ1) is 14.9. The third kappa shape index (κ3) is 3.96. The van der Waals surface area contributed by atoms with Gasteiger partial charge >= 0.3 is 0 Å². The van der Waals surface area contributed by atoms with Crippen molar-refractivity contribution in [2.45, 2.75) is 45.0 Å². The van der Waals surface area contributed by atoms with Crippen LogP contribution in [-0.4, -0.2) is 23.5 Å². The maximum absolute atomic E-state index is 10.8. The Kier molecular flexibility index (Phi) is 5.28. The molecule has 2 aliphatic rings. The van der Waals surface area contributed by atoms with Crippen LogP contribution < -0.4 is 5.32 Å². The minimum absolute atomic E-state index is 0.0528. The van der Waals surface area contributed by atoms with E-state index in [4.69, 9.17) is 0 Å². The summed E-state index contributed by atoms with van der Waals surface area (Å²) < 4.78 is 0. The molecule has 4 unspecified atom stereocenters. The number of rotatable bonds is 5. The fraction of sp³-hybridized carbons (Fsp3) is 0.688. The first-order valence-electron chi connectivity index (χ1n) is 7.30. The van der Waals surface area contributed by atoms with Gasteiger partial charge in [-0.15, -0.1) is 11.8 Å². The van der Waals surface area contributed by atoms with Crippen molar-refractivity contribution in [1.82, 2.24) is 5.32 Å². The number of thioether (sulfide) groups is 1. The van der Waals surface area contributed by atoms with Crippen LogP contribution in [0.1, 0.15) is 33.6 Å². The average Bonchev–Trinajstić information content (AvgIpc) is 2.87. The van der Waals surface area contributed by atoms with Crippen molar-refractivity contribution in [2.75, 3.05) is 5.75 Å². The first-order valence-corrected chi connectivity index (χ1v) is 8.35. The third-order valence-corrected chi connectivity index (χ3v) is 5.48. The van der Waals surface area contributed by atoms with Crippen molar-refractivity contribution in [3.63, 3.8) is 0 Å². The monoisotopic (exact) mass is 279 g/mol. The van der Waals surface area contributed by atoms with Gasteiger partial charge in [-0.05, 0) is 30.6 Å². The van der Waals surface area contributed by atoms with E-state index in [2.05, 4.69) is 44.3 Å². The molecule has 0 saturated carbocycles. The van der Waals surface area contributed by atoms with Crippen LogP contribution >= 0.6 is 11.8 Å². The smallest absolute Gasteiger partial charge is 0.137 e. The van der Waals surface area contributed by atoms with Gasteiger partial charge in [0, 0.05) is 5.75 Å². The fourth-order valence-corrected chi connectivity index (χ4v) is 4.18. The Morgan fingerprint density at radius 1 is 1.47 bits per heavy atom. The molecule has 4 atom stereocenters. The van der Waals surface area contributed by atoms with Crippen molar-refractivity contribution in [3.8, 4) is 0 Å². The second-order valence-corrected chi connectivity index (χ2v) is 7.33. The molecule has 2 rings (SSSR count). The fourth-order valence-electron chi connectivity index (χ4n) is 2.82. The minimum Gasteiger partial charge on any atom is -0.302 e. The van der Waals surface area contributed by atoms with Crippen LogP contribution in [0.25, 0.3) is 0 Å². The largest absolute Gasteiger partial charge is 0.302 e. The summed E-state index contributed by atoms with van der Waals surface area (Å²) in [6.07, 6.45) is 10.4. The molecule has 0 bridgehead atoms. The summed E-state index contributed by atoms with van der Waals surface area (Å²) in [6, 6.07) is 0.0528. The van der Waals surface area contributed by atoms with Crippen LogP contribution in [0.3, 0.4) is 0 Å². The van der Waals surface area contributed by atoms with E-state index in [1.54, 1.807) is 0 Å². The molecule has 1 N–H and O–H groups in total. The highest BCUT2D eigenvalue weighted by Crippen LogP contribution is 2.34. The van der Waals surface area contributed by atoms with E-state index in [0.29, 0.717) is 17.2 Å². The predicted octanol–water partition coefficient (Wildman–Crippen LogP) is 3.40. The van der Waals surface area contributed by atoms with Gasteiger partial charge in [0.2, 0.25) is 0 Å². The van der Waals surface area contributed by atoms with Crippen LogP contribution in [0.15, 0.2) is 23.8 Å². The Labute approximate surface area is 121 Å². The highest BCUT2D eigenvalue weighted by molar-refractivity contribution is 8.00. The van der Waals surface area contributed by atoms with Crippen LogP contribution in [0.4, 0.5) is 0 Å². The zero-order valence-electron chi connectivity index (χ0n) is 12.1. The highest BCUT2D eigenvalue weighted by atomic mass is 32.2. The molecule has 106 valence electrons. The zero-order chi connectivity index (χ0) is 13.8. The van der Waals surface area contributed by atoms with E-state index < -0.39 is 0 Å². The molecule has 1 aliphatic carbocycles. The van der Waals surface area contributed by atoms with Crippen molar-refractivity contribution in [3.05, 3.63) is 23.8 Å². The van der Waals surface area contributed by atoms with E-state index in [-0.39, 0.29) is 6.04 Å². The van der Waals surface area contributed by atoms with Gasteiger partial charge in [-0.2, -0.15) is 0 Å². The van der Waals surface area contributed by atoms with Gasteiger partial charge in [-0.3, -0.25) is 5.32 Å². The molecule has 3 heteroatoms. The van der Waals surface area contributed by atoms with Crippen molar-refractivity contribution < 1.29 is 4.79 Å². The Balaban J connectivity index is 1.86. The van der Waals surface area contributed by atoms with Gasteiger partial charge in [0.25, 0.3) is 0 Å². The number of nitrogens with one attached hydrogen (secondary N) is 1. The SMILES string of the molecule is CC(C)CC1=CCC(C(C)C2NC(C=O)CS2)C=C1. The number of carbonyl (C=O) groups excluding carboxylic acids is 1. The molecule has 19 heavy (non-hydrogen) atoms. The first-order chi connectivity index (χ1) is 9.10. The summed E-state index contributed by atoms with van der Waals surface area (Å²) in [6.45, 7) is 6.83. The molecule has 0 aromatic carbocycles. The quantitative estimate of drug-likeness (QED) is 0.782. The van der Waals surface area contributed by atoms with Gasteiger partial charge in [0.15, 0.2) is 0 Å². The van der Waals surface area contributed by atoms with Crippen molar-refractivity contribution >= 4 is 18.0 Å². The molecule has 0 aromatic heterocycles. The standard InChI is InChI=1S/C16H25NOS/c1-11(2)8-13-4-6-14(7-5-13)12(3)16-17-15(9-18)10-19-16/h4-6,9,11-12,14-17H,7-8,10H2,1-3H3. The molecule has 1 aliphatic heterocycles. The molecule has 0 radical (unpaired) electrons. The molecule has 0 amide bonds. The van der Waals surface area contributed by atoms with E-state index in [1.807, 2.05) is 11.8 Å². The van der Waals surface area contributed by atoms with E-state index in [9.17, 15) is 4.79 Å². The van der Waals surface area contributed by atoms with Gasteiger partial charge in [0.1, 0.15) is 6.29 Å². The van der Waals surface area contributed by atoms with Gasteiger partial charge in [0.05, 0.1) is 11.4 Å². The number of allylic oxidation sites excluding steroid dienone is 4. The molecule has 0 spiro atoms. The molecule has 2 nitrogen and oxygen atoms in total. The van der Waals surface area contributed by atoms with Gasteiger partial charge in [-0.1, -0.05) is 44.6 Å². The van der Waals surface area contributed by atoms with Crippen LogP contribution in [-0.2, 0) is 4.79 Å². The normalized spacial score (nSPS) is 32.4. The summed E-state index contributed by atoms with van der Waals surface area (Å²) in [4.78, 5) is 10.8. The maximum atomic E-state index is 10.8. The summed E-state index contributed by atoms with van der Waals surface area (Å²) in [5, 5.41) is 3.84. The molecule has 0 aromatic rings.